The summed E-state index contributed by atoms with van der Waals surface area (Å²) >= 11 is 1.46. The molecule has 0 atom stereocenters. The van der Waals surface area contributed by atoms with Crippen LogP contribution < -0.4 is 11.1 Å². The number of aryl methyl sites for hydroxylation is 1. The van der Waals surface area contributed by atoms with E-state index in [0.717, 1.165) is 28.5 Å². The number of nitrogens with two attached hydrogens (primary N) is 1. The van der Waals surface area contributed by atoms with Gasteiger partial charge in [0.05, 0.1) is 5.69 Å². The summed E-state index contributed by atoms with van der Waals surface area (Å²) in [5.41, 5.74) is 7.72. The molecule has 1 saturated heterocycles. The molecule has 3 N–H and O–H groups in total. The number of thiophene rings is 1. The van der Waals surface area contributed by atoms with Crippen molar-refractivity contribution in [2.24, 2.45) is 0 Å². The average Bonchev–Trinajstić information content (AvgIpc) is 2.76. The third-order valence-electron chi connectivity index (χ3n) is 4.10. The normalized spacial score (nSPS) is 17.8. The lowest BCUT2D eigenvalue weighted by atomic mass is 9.92. The van der Waals surface area contributed by atoms with E-state index in [2.05, 4.69) is 12.2 Å². The average molecular weight is 304 g/mol. The molecular formula is C16H20N2O2S. The van der Waals surface area contributed by atoms with Crippen LogP contribution >= 0.6 is 11.3 Å². The van der Waals surface area contributed by atoms with Crippen LogP contribution in [0.3, 0.4) is 0 Å². The van der Waals surface area contributed by atoms with Crippen molar-refractivity contribution in [3.05, 3.63) is 28.6 Å². The molecule has 112 valence electrons. The Bertz CT molecular complexity index is 687. The number of carbonyl (C=O) groups excluding carboxylic acids is 1. The summed E-state index contributed by atoms with van der Waals surface area (Å²) in [7, 11) is 0. The van der Waals surface area contributed by atoms with Crippen molar-refractivity contribution in [2.45, 2.75) is 32.2 Å². The van der Waals surface area contributed by atoms with Crippen LogP contribution in [0, 0.1) is 6.92 Å². The number of benzene rings is 1. The number of hydrogen-bond acceptors (Lipinski definition) is 4. The summed E-state index contributed by atoms with van der Waals surface area (Å²) in [6, 6.07) is 6.10. The maximum atomic E-state index is 12.6. The summed E-state index contributed by atoms with van der Waals surface area (Å²) in [5.74, 6) is -0.0734. The molecular weight excluding hydrogens is 284 g/mol. The molecule has 1 aliphatic heterocycles. The van der Waals surface area contributed by atoms with Crippen LogP contribution in [0.2, 0.25) is 0 Å². The Morgan fingerprint density at radius 3 is 2.81 bits per heavy atom. The quantitative estimate of drug-likeness (QED) is 0.896. The van der Waals surface area contributed by atoms with Crippen LogP contribution in [0.1, 0.15) is 35.0 Å². The van der Waals surface area contributed by atoms with E-state index in [1.165, 1.54) is 11.3 Å². The highest BCUT2D eigenvalue weighted by molar-refractivity contribution is 7.21. The van der Waals surface area contributed by atoms with Gasteiger partial charge in [0.2, 0.25) is 0 Å². The van der Waals surface area contributed by atoms with Gasteiger partial charge < -0.3 is 15.8 Å². The zero-order valence-electron chi connectivity index (χ0n) is 12.4. The van der Waals surface area contributed by atoms with Crippen LogP contribution in [0.15, 0.2) is 18.2 Å². The van der Waals surface area contributed by atoms with Crippen LogP contribution in [0.5, 0.6) is 0 Å². The first kappa shape index (κ1) is 14.4. The summed E-state index contributed by atoms with van der Waals surface area (Å²) in [4.78, 5) is 13.2. The molecule has 5 heteroatoms. The van der Waals surface area contributed by atoms with Crippen LogP contribution in [-0.4, -0.2) is 24.7 Å². The van der Waals surface area contributed by atoms with Crippen molar-refractivity contribution in [3.8, 4) is 0 Å². The highest BCUT2D eigenvalue weighted by Crippen LogP contribution is 2.34. The fraction of sp³-hybridized carbons (Fsp3) is 0.438. The molecule has 0 spiro atoms. The molecule has 1 fully saturated rings. The molecule has 1 aliphatic rings. The minimum Gasteiger partial charge on any atom is -0.397 e. The molecule has 0 aliphatic carbocycles. The number of ether oxygens (including phenoxy) is 1. The van der Waals surface area contributed by atoms with Crippen LogP contribution in [0.25, 0.3) is 10.1 Å². The van der Waals surface area contributed by atoms with Gasteiger partial charge >= 0.3 is 0 Å². The van der Waals surface area contributed by atoms with Crippen molar-refractivity contribution in [2.75, 3.05) is 18.9 Å². The minimum absolute atomic E-state index is 0.0734. The lowest BCUT2D eigenvalue weighted by Gasteiger charge is -2.34. The number of rotatable bonds is 2. The second-order valence-corrected chi connectivity index (χ2v) is 7.02. The Morgan fingerprint density at radius 1 is 1.38 bits per heavy atom. The molecule has 4 nitrogen and oxygen atoms in total. The van der Waals surface area contributed by atoms with Crippen molar-refractivity contribution in [1.82, 2.24) is 5.32 Å². The summed E-state index contributed by atoms with van der Waals surface area (Å²) in [6.07, 6.45) is 1.67. The third-order valence-corrected chi connectivity index (χ3v) is 5.29. The fourth-order valence-electron chi connectivity index (χ4n) is 2.68. The van der Waals surface area contributed by atoms with Gasteiger partial charge in [-0.25, -0.2) is 0 Å². The van der Waals surface area contributed by atoms with E-state index in [4.69, 9.17) is 10.5 Å². The van der Waals surface area contributed by atoms with Gasteiger partial charge in [0.25, 0.3) is 5.91 Å². The number of carbonyl (C=O) groups is 1. The predicted molar refractivity (Wildman–Crippen MR) is 86.9 cm³/mol. The van der Waals surface area contributed by atoms with Gasteiger partial charge in [0.15, 0.2) is 0 Å². The van der Waals surface area contributed by atoms with E-state index in [-0.39, 0.29) is 11.4 Å². The Labute approximate surface area is 128 Å². The fourth-order valence-corrected chi connectivity index (χ4v) is 3.68. The van der Waals surface area contributed by atoms with Gasteiger partial charge in [-0.1, -0.05) is 11.6 Å². The van der Waals surface area contributed by atoms with Crippen molar-refractivity contribution in [3.63, 3.8) is 0 Å². The first-order valence-corrected chi connectivity index (χ1v) is 7.99. The molecule has 1 aromatic heterocycles. The van der Waals surface area contributed by atoms with Gasteiger partial charge in [-0.3, -0.25) is 4.79 Å². The van der Waals surface area contributed by atoms with Crippen LogP contribution in [0.4, 0.5) is 5.69 Å². The van der Waals surface area contributed by atoms with E-state index >= 15 is 0 Å². The Balaban J connectivity index is 1.89. The SMILES string of the molecule is Cc1ccc2sc(C(=O)NC3(C)CCOCC3)c(N)c2c1. The topological polar surface area (TPSA) is 64.3 Å². The van der Waals surface area contributed by atoms with Crippen molar-refractivity contribution >= 4 is 33.0 Å². The molecule has 2 aromatic rings. The molecule has 0 unspecified atom stereocenters. The van der Waals surface area contributed by atoms with E-state index < -0.39 is 0 Å². The number of amides is 1. The summed E-state index contributed by atoms with van der Waals surface area (Å²) in [6.45, 7) is 5.48. The van der Waals surface area contributed by atoms with E-state index in [1.54, 1.807) is 0 Å². The molecule has 0 saturated carbocycles. The molecule has 21 heavy (non-hydrogen) atoms. The van der Waals surface area contributed by atoms with Crippen LogP contribution in [-0.2, 0) is 4.74 Å². The Kier molecular flexibility index (Phi) is 3.63. The first-order valence-electron chi connectivity index (χ1n) is 7.17. The van der Waals surface area contributed by atoms with Gasteiger partial charge in [-0.2, -0.15) is 0 Å². The Morgan fingerprint density at radius 2 is 2.10 bits per heavy atom. The van der Waals surface area contributed by atoms with E-state index in [1.807, 2.05) is 25.1 Å². The van der Waals surface area contributed by atoms with Gasteiger partial charge in [-0.15, -0.1) is 11.3 Å². The number of nitrogen functional groups attached to an aromatic ring is 1. The summed E-state index contributed by atoms with van der Waals surface area (Å²) in [5, 5.41) is 4.11. The van der Waals surface area contributed by atoms with Crippen molar-refractivity contribution < 1.29 is 9.53 Å². The van der Waals surface area contributed by atoms with Gasteiger partial charge in [0, 0.05) is 28.8 Å². The molecule has 0 radical (unpaired) electrons. The number of anilines is 1. The number of nitrogens with one attached hydrogen (secondary N) is 1. The lowest BCUT2D eigenvalue weighted by molar-refractivity contribution is 0.0424. The number of fused-ring (bicyclic) bond motifs is 1. The smallest absolute Gasteiger partial charge is 0.263 e. The summed E-state index contributed by atoms with van der Waals surface area (Å²) < 4.78 is 6.42. The monoisotopic (exact) mass is 304 g/mol. The van der Waals surface area contributed by atoms with E-state index in [9.17, 15) is 4.79 Å². The number of hydrogen-bond donors (Lipinski definition) is 2. The molecule has 1 aromatic carbocycles. The molecule has 1 amide bonds. The predicted octanol–water partition coefficient (Wildman–Crippen LogP) is 3.09. The molecule has 3 rings (SSSR count). The largest absolute Gasteiger partial charge is 0.397 e. The standard InChI is InChI=1S/C16H20N2O2S/c1-10-3-4-12-11(9-10)13(17)14(21-12)15(19)18-16(2)5-7-20-8-6-16/h3-4,9H,5-8,17H2,1-2H3,(H,18,19). The lowest BCUT2D eigenvalue weighted by Crippen LogP contribution is -2.49. The highest BCUT2D eigenvalue weighted by atomic mass is 32.1. The maximum Gasteiger partial charge on any atom is 0.263 e. The minimum atomic E-state index is -0.201. The second kappa shape index (κ2) is 5.31. The van der Waals surface area contributed by atoms with Gasteiger partial charge in [0.1, 0.15) is 4.88 Å². The Hall–Kier alpha value is -1.59. The van der Waals surface area contributed by atoms with Gasteiger partial charge in [-0.05, 0) is 38.8 Å². The molecule has 2 heterocycles. The zero-order valence-corrected chi connectivity index (χ0v) is 13.2. The maximum absolute atomic E-state index is 12.6. The molecule has 0 bridgehead atoms. The highest BCUT2D eigenvalue weighted by Gasteiger charge is 2.30. The zero-order chi connectivity index (χ0) is 15.0. The van der Waals surface area contributed by atoms with E-state index in [0.29, 0.717) is 23.8 Å². The van der Waals surface area contributed by atoms with Crippen molar-refractivity contribution in [1.29, 1.82) is 0 Å². The first-order chi connectivity index (χ1) is 9.98. The second-order valence-electron chi connectivity index (χ2n) is 5.97. The third kappa shape index (κ3) is 2.76.